The fraction of sp³-hybridized carbons (Fsp3) is 0.211. The molecule has 0 bridgehead atoms. The Hall–Kier alpha value is -2.67. The first-order valence-electron chi connectivity index (χ1n) is 8.05. The van der Waals surface area contributed by atoms with E-state index in [0.717, 1.165) is 4.90 Å². The van der Waals surface area contributed by atoms with E-state index in [1.165, 1.54) is 30.0 Å². The number of fused-ring (bicyclic) bond motifs is 1. The lowest BCUT2D eigenvalue weighted by atomic mass is 10.1. The lowest BCUT2D eigenvalue weighted by molar-refractivity contribution is -0.120. The quantitative estimate of drug-likeness (QED) is 0.791. The van der Waals surface area contributed by atoms with Crippen molar-refractivity contribution >= 4 is 35.2 Å². The summed E-state index contributed by atoms with van der Waals surface area (Å²) in [5, 5.41) is 2.60. The number of halogens is 1. The zero-order chi connectivity index (χ0) is 18.7. The van der Waals surface area contributed by atoms with Crippen molar-refractivity contribution in [2.45, 2.75) is 12.5 Å². The van der Waals surface area contributed by atoms with E-state index < -0.39 is 29.6 Å². The van der Waals surface area contributed by atoms with Crippen LogP contribution in [-0.4, -0.2) is 40.7 Å². The van der Waals surface area contributed by atoms with Crippen LogP contribution in [-0.2, 0) is 4.79 Å². The molecule has 0 radical (unpaired) electrons. The highest BCUT2D eigenvalue weighted by Gasteiger charge is 2.42. The number of rotatable bonds is 6. The second-order valence-corrected chi connectivity index (χ2v) is 6.81. The minimum absolute atomic E-state index is 0.278. The average Bonchev–Trinajstić information content (AvgIpc) is 2.87. The first-order chi connectivity index (χ1) is 12.5. The highest BCUT2D eigenvalue weighted by atomic mass is 32.2. The number of thioether (sulfide) groups is 1. The SMILES string of the molecule is CSCCC(C(=O)Nc1cccc(F)c1)N1C(=O)c2ccccc2C1=O. The van der Waals surface area contributed by atoms with Crippen molar-refractivity contribution in [1.82, 2.24) is 4.90 Å². The second-order valence-electron chi connectivity index (χ2n) is 5.82. The zero-order valence-corrected chi connectivity index (χ0v) is 14.9. The second kappa shape index (κ2) is 7.70. The van der Waals surface area contributed by atoms with Crippen LogP contribution in [0, 0.1) is 5.82 Å². The third-order valence-corrected chi connectivity index (χ3v) is 4.77. The molecule has 3 rings (SSSR count). The summed E-state index contributed by atoms with van der Waals surface area (Å²) in [6.45, 7) is 0. The number of hydrogen-bond acceptors (Lipinski definition) is 4. The van der Waals surface area contributed by atoms with Crippen molar-refractivity contribution < 1.29 is 18.8 Å². The van der Waals surface area contributed by atoms with Crippen molar-refractivity contribution in [2.24, 2.45) is 0 Å². The maximum absolute atomic E-state index is 13.4. The molecule has 1 atom stereocenters. The van der Waals surface area contributed by atoms with Crippen molar-refractivity contribution in [1.29, 1.82) is 0 Å². The maximum Gasteiger partial charge on any atom is 0.262 e. The summed E-state index contributed by atoms with van der Waals surface area (Å²) in [7, 11) is 0. The molecule has 26 heavy (non-hydrogen) atoms. The molecule has 1 aliphatic rings. The van der Waals surface area contributed by atoms with E-state index in [1.54, 1.807) is 30.3 Å². The number of nitrogens with zero attached hydrogens (tertiary/aromatic N) is 1. The van der Waals surface area contributed by atoms with Crippen LogP contribution in [0.15, 0.2) is 48.5 Å². The predicted octanol–water partition coefficient (Wildman–Crippen LogP) is 3.18. The molecule has 5 nitrogen and oxygen atoms in total. The smallest absolute Gasteiger partial charge is 0.262 e. The third kappa shape index (κ3) is 3.48. The molecular weight excluding hydrogens is 355 g/mol. The lowest BCUT2D eigenvalue weighted by Crippen LogP contribution is -2.47. The fourth-order valence-electron chi connectivity index (χ4n) is 2.89. The molecule has 1 heterocycles. The molecule has 0 saturated heterocycles. The van der Waals surface area contributed by atoms with Gasteiger partial charge < -0.3 is 5.32 Å². The van der Waals surface area contributed by atoms with E-state index in [4.69, 9.17) is 0 Å². The van der Waals surface area contributed by atoms with Gasteiger partial charge in [-0.3, -0.25) is 19.3 Å². The number of benzene rings is 2. The van der Waals surface area contributed by atoms with Crippen LogP contribution in [0.25, 0.3) is 0 Å². The Bertz CT molecular complexity index is 836. The Morgan fingerprint density at radius 2 is 1.77 bits per heavy atom. The summed E-state index contributed by atoms with van der Waals surface area (Å²) in [5.41, 5.74) is 0.871. The van der Waals surface area contributed by atoms with Crippen LogP contribution in [0.5, 0.6) is 0 Å². The topological polar surface area (TPSA) is 66.5 Å². The Morgan fingerprint density at radius 1 is 1.12 bits per heavy atom. The number of carbonyl (C=O) groups excluding carboxylic acids is 3. The van der Waals surface area contributed by atoms with E-state index in [9.17, 15) is 18.8 Å². The van der Waals surface area contributed by atoms with E-state index >= 15 is 0 Å². The van der Waals surface area contributed by atoms with E-state index in [2.05, 4.69) is 5.32 Å². The van der Waals surface area contributed by atoms with Gasteiger partial charge in [0.2, 0.25) is 5.91 Å². The van der Waals surface area contributed by atoms with Gasteiger partial charge in [-0.25, -0.2) is 4.39 Å². The number of carbonyl (C=O) groups is 3. The number of anilines is 1. The maximum atomic E-state index is 13.4. The molecule has 1 aliphatic heterocycles. The van der Waals surface area contributed by atoms with Crippen LogP contribution in [0.3, 0.4) is 0 Å². The summed E-state index contributed by atoms with van der Waals surface area (Å²) in [5.74, 6) is -1.37. The standard InChI is InChI=1S/C19H17FN2O3S/c1-26-10-9-16(17(23)21-13-6-4-5-12(20)11-13)22-18(24)14-7-2-3-8-15(14)19(22)25/h2-8,11,16H,9-10H2,1H3,(H,21,23). The van der Waals surface area contributed by atoms with Crippen molar-refractivity contribution in [3.05, 3.63) is 65.5 Å². The first-order valence-corrected chi connectivity index (χ1v) is 9.44. The molecule has 0 aliphatic carbocycles. The van der Waals surface area contributed by atoms with Crippen LogP contribution in [0.2, 0.25) is 0 Å². The van der Waals surface area contributed by atoms with Crippen LogP contribution >= 0.6 is 11.8 Å². The Kier molecular flexibility index (Phi) is 5.37. The van der Waals surface area contributed by atoms with Gasteiger partial charge in [-0.15, -0.1) is 0 Å². The summed E-state index contributed by atoms with van der Waals surface area (Å²) < 4.78 is 13.4. The highest BCUT2D eigenvalue weighted by Crippen LogP contribution is 2.26. The van der Waals surface area contributed by atoms with Gasteiger partial charge in [0, 0.05) is 5.69 Å². The monoisotopic (exact) mass is 372 g/mol. The number of hydrogen-bond donors (Lipinski definition) is 1. The molecule has 0 saturated carbocycles. The Morgan fingerprint density at radius 3 is 2.35 bits per heavy atom. The van der Waals surface area contributed by atoms with Gasteiger partial charge in [0.05, 0.1) is 11.1 Å². The minimum atomic E-state index is -0.960. The zero-order valence-electron chi connectivity index (χ0n) is 14.1. The average molecular weight is 372 g/mol. The lowest BCUT2D eigenvalue weighted by Gasteiger charge is -2.25. The van der Waals surface area contributed by atoms with Crippen LogP contribution < -0.4 is 5.32 Å². The highest BCUT2D eigenvalue weighted by molar-refractivity contribution is 7.98. The van der Waals surface area contributed by atoms with Gasteiger partial charge in [0.1, 0.15) is 11.9 Å². The number of amides is 3. The minimum Gasteiger partial charge on any atom is -0.324 e. The molecule has 0 spiro atoms. The summed E-state index contributed by atoms with van der Waals surface area (Å²) in [6, 6.07) is 11.0. The summed E-state index contributed by atoms with van der Waals surface area (Å²) in [4.78, 5) is 39.1. The summed E-state index contributed by atoms with van der Waals surface area (Å²) >= 11 is 1.51. The van der Waals surface area contributed by atoms with Gasteiger partial charge in [0.25, 0.3) is 11.8 Å². The molecular formula is C19H17FN2O3S. The van der Waals surface area contributed by atoms with Gasteiger partial charge in [-0.1, -0.05) is 18.2 Å². The molecule has 1 unspecified atom stereocenters. The van der Waals surface area contributed by atoms with Crippen molar-refractivity contribution in [3.63, 3.8) is 0 Å². The first kappa shape index (κ1) is 18.1. The normalized spacial score (nSPS) is 14.3. The number of imide groups is 1. The third-order valence-electron chi connectivity index (χ3n) is 4.13. The molecule has 2 aromatic carbocycles. The van der Waals surface area contributed by atoms with Crippen LogP contribution in [0.1, 0.15) is 27.1 Å². The van der Waals surface area contributed by atoms with Crippen molar-refractivity contribution in [3.8, 4) is 0 Å². The van der Waals surface area contributed by atoms with Gasteiger partial charge >= 0.3 is 0 Å². The van der Waals surface area contributed by atoms with Gasteiger partial charge in [-0.2, -0.15) is 11.8 Å². The molecule has 2 aromatic rings. The van der Waals surface area contributed by atoms with E-state index in [-0.39, 0.29) is 5.69 Å². The molecule has 7 heteroatoms. The Labute approximate surface area is 154 Å². The predicted molar refractivity (Wildman–Crippen MR) is 98.8 cm³/mol. The molecule has 1 N–H and O–H groups in total. The molecule has 0 aromatic heterocycles. The largest absolute Gasteiger partial charge is 0.324 e. The van der Waals surface area contributed by atoms with Gasteiger partial charge in [0.15, 0.2) is 0 Å². The van der Waals surface area contributed by atoms with Gasteiger partial charge in [-0.05, 0) is 48.8 Å². The number of nitrogens with one attached hydrogen (secondary N) is 1. The Balaban J connectivity index is 1.88. The molecule has 3 amide bonds. The van der Waals surface area contributed by atoms with Crippen molar-refractivity contribution in [2.75, 3.05) is 17.3 Å². The fourth-order valence-corrected chi connectivity index (χ4v) is 3.35. The van der Waals surface area contributed by atoms with Crippen LogP contribution in [0.4, 0.5) is 10.1 Å². The molecule has 0 fully saturated rings. The van der Waals surface area contributed by atoms with E-state index in [1.807, 2.05) is 6.26 Å². The summed E-state index contributed by atoms with van der Waals surface area (Å²) in [6.07, 6.45) is 2.19. The van der Waals surface area contributed by atoms with E-state index in [0.29, 0.717) is 23.3 Å². The molecule has 134 valence electrons.